The summed E-state index contributed by atoms with van der Waals surface area (Å²) in [5, 5.41) is 9.24. The molecule has 1 N–H and O–H groups in total. The van der Waals surface area contributed by atoms with E-state index in [1.165, 1.54) is 0 Å². The third-order valence-electron chi connectivity index (χ3n) is 1.89. The first-order chi connectivity index (χ1) is 5.61. The van der Waals surface area contributed by atoms with Gasteiger partial charge in [0.2, 0.25) is 0 Å². The Hall–Kier alpha value is -1.02. The van der Waals surface area contributed by atoms with Crippen molar-refractivity contribution < 1.29 is 5.11 Å². The first kappa shape index (κ1) is 9.07. The minimum Gasteiger partial charge on any atom is -0.389 e. The molecule has 0 bridgehead atoms. The Kier molecular flexibility index (Phi) is 2.71. The molecule has 2 heteroatoms. The van der Waals surface area contributed by atoms with E-state index < -0.39 is 0 Å². The molecule has 0 aliphatic heterocycles. The number of hydrogen-bond donors (Lipinski definition) is 1. The number of benzene rings is 1. The van der Waals surface area contributed by atoms with Crippen LogP contribution in [-0.4, -0.2) is 19.2 Å². The van der Waals surface area contributed by atoms with Gasteiger partial charge in [0.15, 0.2) is 0 Å². The van der Waals surface area contributed by atoms with Crippen molar-refractivity contribution in [2.24, 2.45) is 0 Å². The first-order valence-electron chi connectivity index (χ1n) is 4.06. The van der Waals surface area contributed by atoms with Crippen LogP contribution in [0.1, 0.15) is 18.6 Å². The van der Waals surface area contributed by atoms with Crippen LogP contribution in [0.5, 0.6) is 0 Å². The molecular weight excluding hydrogens is 150 g/mol. The molecule has 0 amide bonds. The zero-order valence-corrected chi connectivity index (χ0v) is 7.78. The minimum atomic E-state index is -0.374. The average Bonchev–Trinajstić information content (AvgIpc) is 2.04. The largest absolute Gasteiger partial charge is 0.389 e. The smallest absolute Gasteiger partial charge is 0.0761 e. The highest BCUT2D eigenvalue weighted by molar-refractivity contribution is 5.46. The molecule has 0 saturated heterocycles. The van der Waals surface area contributed by atoms with Crippen LogP contribution in [-0.2, 0) is 0 Å². The van der Waals surface area contributed by atoms with E-state index in [1.807, 2.05) is 43.3 Å². The fourth-order valence-electron chi connectivity index (χ4n) is 1.05. The predicted molar refractivity (Wildman–Crippen MR) is 51.4 cm³/mol. The van der Waals surface area contributed by atoms with Gasteiger partial charge >= 0.3 is 0 Å². The highest BCUT2D eigenvalue weighted by Gasteiger charge is 2.00. The molecule has 0 aliphatic carbocycles. The number of aliphatic hydroxyl groups is 1. The SMILES string of the molecule is C[C@@H](O)c1ccc(N(C)C)cc1. The Morgan fingerprint density at radius 1 is 1.17 bits per heavy atom. The second-order valence-corrected chi connectivity index (χ2v) is 3.16. The topological polar surface area (TPSA) is 23.5 Å². The minimum absolute atomic E-state index is 0.374. The van der Waals surface area contributed by atoms with E-state index in [2.05, 4.69) is 0 Å². The fraction of sp³-hybridized carbons (Fsp3) is 0.400. The van der Waals surface area contributed by atoms with Crippen molar-refractivity contribution in [1.29, 1.82) is 0 Å². The van der Waals surface area contributed by atoms with Gasteiger partial charge in [0.25, 0.3) is 0 Å². The molecule has 0 radical (unpaired) electrons. The Morgan fingerprint density at radius 3 is 2.00 bits per heavy atom. The molecule has 0 heterocycles. The Bertz CT molecular complexity index is 212. The van der Waals surface area contributed by atoms with E-state index in [4.69, 9.17) is 0 Å². The molecule has 0 fully saturated rings. The second-order valence-electron chi connectivity index (χ2n) is 3.16. The van der Waals surface area contributed by atoms with Crippen molar-refractivity contribution >= 4 is 5.69 Å². The summed E-state index contributed by atoms with van der Waals surface area (Å²) in [6.07, 6.45) is -0.374. The maximum absolute atomic E-state index is 9.24. The van der Waals surface area contributed by atoms with Crippen molar-refractivity contribution in [3.05, 3.63) is 29.8 Å². The van der Waals surface area contributed by atoms with Crippen molar-refractivity contribution in [1.82, 2.24) is 0 Å². The van der Waals surface area contributed by atoms with Gasteiger partial charge < -0.3 is 10.0 Å². The molecule has 1 aromatic rings. The molecule has 2 nitrogen and oxygen atoms in total. The Morgan fingerprint density at radius 2 is 1.67 bits per heavy atom. The van der Waals surface area contributed by atoms with Crippen molar-refractivity contribution in [3.63, 3.8) is 0 Å². The second kappa shape index (κ2) is 3.59. The van der Waals surface area contributed by atoms with Crippen LogP contribution in [0, 0.1) is 0 Å². The van der Waals surface area contributed by atoms with Gasteiger partial charge in [-0.15, -0.1) is 0 Å². The van der Waals surface area contributed by atoms with Crippen LogP contribution in [0.4, 0.5) is 5.69 Å². The molecule has 0 unspecified atom stereocenters. The molecule has 1 aromatic carbocycles. The lowest BCUT2D eigenvalue weighted by Gasteiger charge is -2.13. The maximum Gasteiger partial charge on any atom is 0.0761 e. The lowest BCUT2D eigenvalue weighted by atomic mass is 10.1. The highest BCUT2D eigenvalue weighted by atomic mass is 16.3. The van der Waals surface area contributed by atoms with E-state index >= 15 is 0 Å². The first-order valence-corrected chi connectivity index (χ1v) is 4.06. The van der Waals surface area contributed by atoms with Gasteiger partial charge in [-0.3, -0.25) is 0 Å². The van der Waals surface area contributed by atoms with E-state index in [0.29, 0.717) is 0 Å². The van der Waals surface area contributed by atoms with Crippen LogP contribution in [0.25, 0.3) is 0 Å². The Balaban J connectivity index is 2.86. The van der Waals surface area contributed by atoms with E-state index in [1.54, 1.807) is 6.92 Å². The summed E-state index contributed by atoms with van der Waals surface area (Å²) < 4.78 is 0. The predicted octanol–water partition coefficient (Wildman–Crippen LogP) is 1.81. The number of anilines is 1. The van der Waals surface area contributed by atoms with Gasteiger partial charge in [0.1, 0.15) is 0 Å². The summed E-state index contributed by atoms with van der Waals surface area (Å²) in [6.45, 7) is 1.77. The summed E-state index contributed by atoms with van der Waals surface area (Å²) in [6, 6.07) is 7.89. The monoisotopic (exact) mass is 165 g/mol. The zero-order chi connectivity index (χ0) is 9.14. The Labute approximate surface area is 73.4 Å². The summed E-state index contributed by atoms with van der Waals surface area (Å²) in [7, 11) is 3.99. The van der Waals surface area contributed by atoms with E-state index in [9.17, 15) is 5.11 Å². The van der Waals surface area contributed by atoms with Gasteiger partial charge in [-0.2, -0.15) is 0 Å². The maximum atomic E-state index is 9.24. The van der Waals surface area contributed by atoms with Gasteiger partial charge in [0.05, 0.1) is 6.10 Å². The number of hydrogen-bond acceptors (Lipinski definition) is 2. The van der Waals surface area contributed by atoms with Crippen LogP contribution in [0.2, 0.25) is 0 Å². The van der Waals surface area contributed by atoms with Gasteiger partial charge in [0, 0.05) is 19.8 Å². The zero-order valence-electron chi connectivity index (χ0n) is 7.78. The standard InChI is InChI=1S/C10H15NO/c1-8(12)9-4-6-10(7-5-9)11(2)3/h4-8,12H,1-3H3/t8-/m1/s1. The van der Waals surface area contributed by atoms with E-state index in [-0.39, 0.29) is 6.10 Å². The van der Waals surface area contributed by atoms with Crippen molar-refractivity contribution in [2.75, 3.05) is 19.0 Å². The molecule has 0 saturated carbocycles. The molecule has 1 rings (SSSR count). The van der Waals surface area contributed by atoms with Gasteiger partial charge in [-0.05, 0) is 24.6 Å². The number of rotatable bonds is 2. The molecular formula is C10H15NO. The van der Waals surface area contributed by atoms with Crippen LogP contribution < -0.4 is 4.90 Å². The summed E-state index contributed by atoms with van der Waals surface area (Å²) in [5.74, 6) is 0. The summed E-state index contributed by atoms with van der Waals surface area (Å²) in [5.41, 5.74) is 2.11. The lowest BCUT2D eigenvalue weighted by molar-refractivity contribution is 0.199. The molecule has 66 valence electrons. The normalized spacial score (nSPS) is 12.7. The molecule has 0 aliphatic rings. The summed E-state index contributed by atoms with van der Waals surface area (Å²) in [4.78, 5) is 2.03. The van der Waals surface area contributed by atoms with Crippen LogP contribution in [0.3, 0.4) is 0 Å². The molecule has 0 aromatic heterocycles. The fourth-order valence-corrected chi connectivity index (χ4v) is 1.05. The third kappa shape index (κ3) is 1.98. The quantitative estimate of drug-likeness (QED) is 0.722. The van der Waals surface area contributed by atoms with Crippen LogP contribution in [0.15, 0.2) is 24.3 Å². The van der Waals surface area contributed by atoms with Gasteiger partial charge in [-0.25, -0.2) is 0 Å². The average molecular weight is 165 g/mol. The molecule has 0 spiro atoms. The van der Waals surface area contributed by atoms with Gasteiger partial charge in [-0.1, -0.05) is 12.1 Å². The molecule has 12 heavy (non-hydrogen) atoms. The highest BCUT2D eigenvalue weighted by Crippen LogP contribution is 2.16. The number of nitrogens with zero attached hydrogens (tertiary/aromatic N) is 1. The van der Waals surface area contributed by atoms with E-state index in [0.717, 1.165) is 11.3 Å². The van der Waals surface area contributed by atoms with Crippen molar-refractivity contribution in [2.45, 2.75) is 13.0 Å². The van der Waals surface area contributed by atoms with Crippen molar-refractivity contribution in [3.8, 4) is 0 Å². The summed E-state index contributed by atoms with van der Waals surface area (Å²) >= 11 is 0. The van der Waals surface area contributed by atoms with Crippen LogP contribution >= 0.6 is 0 Å². The number of aliphatic hydroxyl groups excluding tert-OH is 1. The molecule has 1 atom stereocenters. The third-order valence-corrected chi connectivity index (χ3v) is 1.89. The lowest BCUT2D eigenvalue weighted by Crippen LogP contribution is -2.08.